The lowest BCUT2D eigenvalue weighted by atomic mass is 9.80. The molecule has 4 nitrogen and oxygen atoms in total. The molecule has 4 heteroatoms. The van der Waals surface area contributed by atoms with Gasteiger partial charge in [-0.15, -0.1) is 5.10 Å². The van der Waals surface area contributed by atoms with E-state index < -0.39 is 0 Å². The Hall–Kier alpha value is -0.900. The maximum Gasteiger partial charge on any atom is 0.0919 e. The second-order valence-corrected chi connectivity index (χ2v) is 5.70. The first-order chi connectivity index (χ1) is 7.43. The van der Waals surface area contributed by atoms with Gasteiger partial charge in [0.05, 0.1) is 12.4 Å². The molecule has 0 saturated carbocycles. The summed E-state index contributed by atoms with van der Waals surface area (Å²) in [6, 6.07) is 0. The third-order valence-corrected chi connectivity index (χ3v) is 2.53. The molecule has 0 aliphatic carbocycles. The van der Waals surface area contributed by atoms with Crippen LogP contribution in [0.15, 0.2) is 6.20 Å². The molecule has 0 saturated heterocycles. The van der Waals surface area contributed by atoms with Crippen LogP contribution >= 0.6 is 0 Å². The van der Waals surface area contributed by atoms with E-state index in [0.29, 0.717) is 5.41 Å². The summed E-state index contributed by atoms with van der Waals surface area (Å²) in [7, 11) is 1.91. The van der Waals surface area contributed by atoms with E-state index in [2.05, 4.69) is 43.3 Å². The summed E-state index contributed by atoms with van der Waals surface area (Å²) in [6.45, 7) is 9.84. The third-order valence-electron chi connectivity index (χ3n) is 2.53. The van der Waals surface area contributed by atoms with Crippen LogP contribution in [0.1, 0.15) is 39.8 Å². The lowest BCUT2D eigenvalue weighted by Gasteiger charge is -2.25. The van der Waals surface area contributed by atoms with Gasteiger partial charge >= 0.3 is 0 Å². The minimum atomic E-state index is 0.300. The molecular weight excluding hydrogens is 200 g/mol. The van der Waals surface area contributed by atoms with Gasteiger partial charge in [-0.25, -0.2) is 4.68 Å². The number of hydrogen-bond acceptors (Lipinski definition) is 3. The summed E-state index contributed by atoms with van der Waals surface area (Å²) in [6.07, 6.45) is 4.24. The largest absolute Gasteiger partial charge is 0.301 e. The molecule has 0 fully saturated rings. The van der Waals surface area contributed by atoms with Crippen molar-refractivity contribution in [2.24, 2.45) is 11.3 Å². The molecule has 0 bridgehead atoms. The zero-order valence-electron chi connectivity index (χ0n) is 11.1. The normalized spacial score (nSPS) is 12.4. The van der Waals surface area contributed by atoms with Crippen LogP contribution in [-0.4, -0.2) is 22.0 Å². The Labute approximate surface area is 98.4 Å². The van der Waals surface area contributed by atoms with E-state index in [9.17, 15) is 0 Å². The molecule has 1 aromatic heterocycles. The average molecular weight is 224 g/mol. The third kappa shape index (κ3) is 4.31. The van der Waals surface area contributed by atoms with Crippen LogP contribution in [0.25, 0.3) is 0 Å². The molecule has 1 N–H and O–H groups in total. The Balaban J connectivity index is 2.57. The molecule has 0 atom stereocenters. The molecular formula is C12H24N4. The Morgan fingerprint density at radius 2 is 2.12 bits per heavy atom. The zero-order chi connectivity index (χ0) is 12.2. The predicted octanol–water partition coefficient (Wildman–Crippen LogP) is 2.07. The van der Waals surface area contributed by atoms with Crippen molar-refractivity contribution in [3.05, 3.63) is 11.9 Å². The predicted molar refractivity (Wildman–Crippen MR) is 66.0 cm³/mol. The Kier molecular flexibility index (Phi) is 4.47. The molecule has 1 heterocycles. The van der Waals surface area contributed by atoms with Gasteiger partial charge in [-0.2, -0.15) is 0 Å². The van der Waals surface area contributed by atoms with Crippen LogP contribution in [0.4, 0.5) is 0 Å². The standard InChI is InChI=1S/C12H24N4/c1-10(2)6-12(3,4)7-11-8-16(9-13-5)15-14-11/h8,10,13H,6-7,9H2,1-5H3. The van der Waals surface area contributed by atoms with E-state index >= 15 is 0 Å². The molecule has 0 aromatic carbocycles. The number of nitrogens with zero attached hydrogens (tertiary/aromatic N) is 3. The SMILES string of the molecule is CNCn1cc(CC(C)(C)CC(C)C)nn1. The number of hydrogen-bond donors (Lipinski definition) is 1. The monoisotopic (exact) mass is 224 g/mol. The summed E-state index contributed by atoms with van der Waals surface area (Å²) in [4.78, 5) is 0. The van der Waals surface area contributed by atoms with Crippen molar-refractivity contribution in [3.8, 4) is 0 Å². The van der Waals surface area contributed by atoms with Crippen LogP contribution < -0.4 is 5.32 Å². The summed E-state index contributed by atoms with van der Waals surface area (Å²) in [5, 5.41) is 11.3. The van der Waals surface area contributed by atoms with Crippen molar-refractivity contribution < 1.29 is 0 Å². The lowest BCUT2D eigenvalue weighted by Crippen LogP contribution is -2.18. The maximum absolute atomic E-state index is 4.20. The summed E-state index contributed by atoms with van der Waals surface area (Å²) >= 11 is 0. The van der Waals surface area contributed by atoms with Crippen LogP contribution in [-0.2, 0) is 13.1 Å². The van der Waals surface area contributed by atoms with Gasteiger partial charge in [-0.05, 0) is 31.2 Å². The van der Waals surface area contributed by atoms with Gasteiger partial charge in [0.15, 0.2) is 0 Å². The van der Waals surface area contributed by atoms with Crippen molar-refractivity contribution in [2.45, 2.75) is 47.2 Å². The second kappa shape index (κ2) is 5.43. The summed E-state index contributed by atoms with van der Waals surface area (Å²) in [5.74, 6) is 0.724. The fourth-order valence-corrected chi connectivity index (χ4v) is 2.33. The molecule has 1 aromatic rings. The van der Waals surface area contributed by atoms with Crippen molar-refractivity contribution >= 4 is 0 Å². The Morgan fingerprint density at radius 1 is 1.44 bits per heavy atom. The fourth-order valence-electron chi connectivity index (χ4n) is 2.33. The lowest BCUT2D eigenvalue weighted by molar-refractivity contribution is 0.283. The minimum Gasteiger partial charge on any atom is -0.301 e. The van der Waals surface area contributed by atoms with Crippen molar-refractivity contribution in [1.29, 1.82) is 0 Å². The van der Waals surface area contributed by atoms with Gasteiger partial charge in [-0.3, -0.25) is 0 Å². The highest BCUT2D eigenvalue weighted by Gasteiger charge is 2.21. The molecule has 92 valence electrons. The second-order valence-electron chi connectivity index (χ2n) is 5.70. The molecule has 0 radical (unpaired) electrons. The van der Waals surface area contributed by atoms with Gasteiger partial charge in [-0.1, -0.05) is 32.9 Å². The van der Waals surface area contributed by atoms with Crippen LogP contribution in [0.3, 0.4) is 0 Å². The first kappa shape index (κ1) is 13.2. The van der Waals surface area contributed by atoms with E-state index in [4.69, 9.17) is 0 Å². The molecule has 0 unspecified atom stereocenters. The fraction of sp³-hybridized carbons (Fsp3) is 0.833. The summed E-state index contributed by atoms with van der Waals surface area (Å²) in [5.41, 5.74) is 1.38. The van der Waals surface area contributed by atoms with Gasteiger partial charge in [0, 0.05) is 6.20 Å². The smallest absolute Gasteiger partial charge is 0.0919 e. The average Bonchev–Trinajstić information content (AvgIpc) is 2.49. The van der Waals surface area contributed by atoms with Gasteiger partial charge in [0.2, 0.25) is 0 Å². The van der Waals surface area contributed by atoms with E-state index in [1.54, 1.807) is 0 Å². The topological polar surface area (TPSA) is 42.7 Å². The van der Waals surface area contributed by atoms with Crippen LogP contribution in [0, 0.1) is 11.3 Å². The quantitative estimate of drug-likeness (QED) is 0.804. The first-order valence-electron chi connectivity index (χ1n) is 5.96. The Morgan fingerprint density at radius 3 is 2.69 bits per heavy atom. The highest BCUT2D eigenvalue weighted by atomic mass is 15.4. The molecule has 0 amide bonds. The van der Waals surface area contributed by atoms with Gasteiger partial charge in [0.1, 0.15) is 0 Å². The Bertz CT molecular complexity index is 315. The molecule has 16 heavy (non-hydrogen) atoms. The van der Waals surface area contributed by atoms with E-state index in [0.717, 1.165) is 24.7 Å². The minimum absolute atomic E-state index is 0.300. The van der Waals surface area contributed by atoms with Crippen molar-refractivity contribution in [2.75, 3.05) is 7.05 Å². The number of rotatable bonds is 6. The molecule has 1 rings (SSSR count). The first-order valence-corrected chi connectivity index (χ1v) is 5.96. The highest BCUT2D eigenvalue weighted by Crippen LogP contribution is 2.28. The van der Waals surface area contributed by atoms with Crippen LogP contribution in [0.2, 0.25) is 0 Å². The zero-order valence-corrected chi connectivity index (χ0v) is 11.1. The van der Waals surface area contributed by atoms with E-state index in [1.165, 1.54) is 6.42 Å². The summed E-state index contributed by atoms with van der Waals surface area (Å²) < 4.78 is 1.83. The van der Waals surface area contributed by atoms with Crippen LogP contribution in [0.5, 0.6) is 0 Å². The molecule has 0 aliphatic rings. The molecule has 0 spiro atoms. The number of aromatic nitrogens is 3. The van der Waals surface area contributed by atoms with E-state index in [1.807, 2.05) is 17.9 Å². The maximum atomic E-state index is 4.20. The van der Waals surface area contributed by atoms with Gasteiger partial charge in [0.25, 0.3) is 0 Å². The van der Waals surface area contributed by atoms with Crippen molar-refractivity contribution in [3.63, 3.8) is 0 Å². The molecule has 0 aliphatic heterocycles. The highest BCUT2D eigenvalue weighted by molar-refractivity contribution is 4.96. The van der Waals surface area contributed by atoms with E-state index in [-0.39, 0.29) is 0 Å². The van der Waals surface area contributed by atoms with Crippen molar-refractivity contribution in [1.82, 2.24) is 20.3 Å². The van der Waals surface area contributed by atoms with Gasteiger partial charge < -0.3 is 5.32 Å². The number of nitrogens with one attached hydrogen (secondary N) is 1.